The number of nitrogens with zero attached hydrogens (tertiary/aromatic N) is 1. The monoisotopic (exact) mass is 254 g/mol. The van der Waals surface area contributed by atoms with Crippen LogP contribution in [-0.2, 0) is 6.54 Å². The van der Waals surface area contributed by atoms with Crippen LogP contribution in [0.1, 0.15) is 16.7 Å². The zero-order valence-electron chi connectivity index (χ0n) is 12.2. The Morgan fingerprint density at radius 3 is 2.53 bits per heavy atom. The first-order valence-electron chi connectivity index (χ1n) is 6.65. The van der Waals surface area contributed by atoms with Gasteiger partial charge in [-0.05, 0) is 43.2 Å². The smallest absolute Gasteiger partial charge is 0.0427 e. The molecule has 2 aromatic rings. The molecule has 0 saturated heterocycles. The van der Waals surface area contributed by atoms with Crippen molar-refractivity contribution in [1.82, 2.24) is 0 Å². The minimum absolute atomic E-state index is 0.916. The Labute approximate surface area is 116 Å². The highest BCUT2D eigenvalue weighted by atomic mass is 15.1. The average Bonchev–Trinajstić information content (AvgIpc) is 2.38. The Morgan fingerprint density at radius 1 is 1.05 bits per heavy atom. The Morgan fingerprint density at radius 2 is 1.84 bits per heavy atom. The van der Waals surface area contributed by atoms with Gasteiger partial charge in [0.25, 0.3) is 0 Å². The van der Waals surface area contributed by atoms with Gasteiger partial charge in [0, 0.05) is 32.0 Å². The maximum atomic E-state index is 3.18. The van der Waals surface area contributed by atoms with Gasteiger partial charge in [-0.15, -0.1) is 0 Å². The molecule has 2 heteroatoms. The van der Waals surface area contributed by atoms with E-state index in [1.807, 2.05) is 7.05 Å². The number of hydrogen-bond donors (Lipinski definition) is 1. The summed E-state index contributed by atoms with van der Waals surface area (Å²) in [4.78, 5) is 2.30. The van der Waals surface area contributed by atoms with Crippen LogP contribution in [0.5, 0.6) is 0 Å². The number of benzene rings is 2. The van der Waals surface area contributed by atoms with E-state index in [9.17, 15) is 0 Å². The topological polar surface area (TPSA) is 15.3 Å². The molecule has 0 heterocycles. The summed E-state index contributed by atoms with van der Waals surface area (Å²) in [5.74, 6) is 0. The molecular weight excluding hydrogens is 232 g/mol. The van der Waals surface area contributed by atoms with Crippen molar-refractivity contribution in [2.75, 3.05) is 24.3 Å². The lowest BCUT2D eigenvalue weighted by Crippen LogP contribution is -2.17. The molecule has 0 aliphatic heterocycles. The minimum atomic E-state index is 0.916. The molecule has 2 aromatic carbocycles. The van der Waals surface area contributed by atoms with Crippen LogP contribution >= 0.6 is 0 Å². The maximum Gasteiger partial charge on any atom is 0.0427 e. The van der Waals surface area contributed by atoms with E-state index in [0.717, 1.165) is 12.2 Å². The number of anilines is 2. The van der Waals surface area contributed by atoms with Crippen molar-refractivity contribution >= 4 is 11.4 Å². The summed E-state index contributed by atoms with van der Waals surface area (Å²) in [7, 11) is 4.09. The fourth-order valence-corrected chi connectivity index (χ4v) is 2.42. The molecule has 0 aliphatic carbocycles. The summed E-state index contributed by atoms with van der Waals surface area (Å²) in [6, 6.07) is 15.1. The van der Waals surface area contributed by atoms with Crippen molar-refractivity contribution in [1.29, 1.82) is 0 Å². The Kier molecular flexibility index (Phi) is 4.10. The van der Waals surface area contributed by atoms with E-state index >= 15 is 0 Å². The van der Waals surface area contributed by atoms with Gasteiger partial charge in [0.15, 0.2) is 0 Å². The molecular formula is C17H22N2. The van der Waals surface area contributed by atoms with Gasteiger partial charge in [0.2, 0.25) is 0 Å². The number of aryl methyl sites for hydroxylation is 2. The normalized spacial score (nSPS) is 10.3. The predicted octanol–water partition coefficient (Wildman–Crippen LogP) is 3.98. The molecule has 100 valence electrons. The van der Waals surface area contributed by atoms with Crippen LogP contribution in [0.4, 0.5) is 11.4 Å². The summed E-state index contributed by atoms with van der Waals surface area (Å²) in [6.07, 6.45) is 0. The van der Waals surface area contributed by atoms with Gasteiger partial charge >= 0.3 is 0 Å². The van der Waals surface area contributed by atoms with Crippen molar-refractivity contribution in [2.45, 2.75) is 20.4 Å². The van der Waals surface area contributed by atoms with E-state index < -0.39 is 0 Å². The number of rotatable bonds is 4. The molecule has 0 fully saturated rings. The van der Waals surface area contributed by atoms with Crippen molar-refractivity contribution in [3.63, 3.8) is 0 Å². The molecule has 0 unspecified atom stereocenters. The predicted molar refractivity (Wildman–Crippen MR) is 84.0 cm³/mol. The van der Waals surface area contributed by atoms with Crippen LogP contribution in [0, 0.1) is 13.8 Å². The SMILES string of the molecule is CNc1cccc(CN(C)c2ccc(C)cc2C)c1. The molecule has 0 aromatic heterocycles. The summed E-state index contributed by atoms with van der Waals surface area (Å²) in [6.45, 7) is 5.22. The van der Waals surface area contributed by atoms with E-state index in [1.165, 1.54) is 22.4 Å². The fourth-order valence-electron chi connectivity index (χ4n) is 2.42. The molecule has 0 saturated carbocycles. The second-order valence-electron chi connectivity index (χ2n) is 5.10. The van der Waals surface area contributed by atoms with Crippen LogP contribution in [0.15, 0.2) is 42.5 Å². The van der Waals surface area contributed by atoms with E-state index in [4.69, 9.17) is 0 Å². The second-order valence-corrected chi connectivity index (χ2v) is 5.10. The van der Waals surface area contributed by atoms with Crippen LogP contribution < -0.4 is 10.2 Å². The van der Waals surface area contributed by atoms with Crippen LogP contribution in [0.2, 0.25) is 0 Å². The maximum absolute atomic E-state index is 3.18. The third-order valence-corrected chi connectivity index (χ3v) is 3.40. The van der Waals surface area contributed by atoms with Gasteiger partial charge in [-0.1, -0.05) is 29.8 Å². The zero-order chi connectivity index (χ0) is 13.8. The molecule has 0 aliphatic rings. The third-order valence-electron chi connectivity index (χ3n) is 3.40. The average molecular weight is 254 g/mol. The molecule has 1 N–H and O–H groups in total. The summed E-state index contributed by atoms with van der Waals surface area (Å²) in [5.41, 5.74) is 6.40. The molecule has 2 rings (SSSR count). The summed E-state index contributed by atoms with van der Waals surface area (Å²) < 4.78 is 0. The minimum Gasteiger partial charge on any atom is -0.388 e. The van der Waals surface area contributed by atoms with E-state index in [0.29, 0.717) is 0 Å². The first-order valence-corrected chi connectivity index (χ1v) is 6.65. The molecule has 0 amide bonds. The fraction of sp³-hybridized carbons (Fsp3) is 0.294. The van der Waals surface area contributed by atoms with Gasteiger partial charge in [-0.3, -0.25) is 0 Å². The van der Waals surface area contributed by atoms with Gasteiger partial charge in [0.05, 0.1) is 0 Å². The van der Waals surface area contributed by atoms with Gasteiger partial charge in [0.1, 0.15) is 0 Å². The van der Waals surface area contributed by atoms with E-state index in [2.05, 4.69) is 73.6 Å². The first kappa shape index (κ1) is 13.5. The third kappa shape index (κ3) is 3.28. The van der Waals surface area contributed by atoms with Gasteiger partial charge in [-0.25, -0.2) is 0 Å². The lowest BCUT2D eigenvalue weighted by atomic mass is 10.1. The van der Waals surface area contributed by atoms with E-state index in [-0.39, 0.29) is 0 Å². The molecule has 2 nitrogen and oxygen atoms in total. The van der Waals surface area contributed by atoms with Gasteiger partial charge < -0.3 is 10.2 Å². The zero-order valence-corrected chi connectivity index (χ0v) is 12.2. The molecule has 19 heavy (non-hydrogen) atoms. The highest BCUT2D eigenvalue weighted by molar-refractivity contribution is 5.55. The number of hydrogen-bond acceptors (Lipinski definition) is 2. The highest BCUT2D eigenvalue weighted by Crippen LogP contribution is 2.22. The van der Waals surface area contributed by atoms with Crippen molar-refractivity contribution in [3.8, 4) is 0 Å². The Balaban J connectivity index is 2.17. The van der Waals surface area contributed by atoms with Crippen LogP contribution in [0.3, 0.4) is 0 Å². The second kappa shape index (κ2) is 5.79. The molecule has 0 radical (unpaired) electrons. The van der Waals surface area contributed by atoms with Crippen molar-refractivity contribution in [2.24, 2.45) is 0 Å². The Hall–Kier alpha value is -1.96. The lowest BCUT2D eigenvalue weighted by molar-refractivity contribution is 0.917. The number of nitrogens with one attached hydrogen (secondary N) is 1. The van der Waals surface area contributed by atoms with Gasteiger partial charge in [-0.2, -0.15) is 0 Å². The Bertz CT molecular complexity index is 561. The molecule has 0 bridgehead atoms. The van der Waals surface area contributed by atoms with Crippen LogP contribution in [-0.4, -0.2) is 14.1 Å². The molecule has 0 atom stereocenters. The largest absolute Gasteiger partial charge is 0.388 e. The summed E-state index contributed by atoms with van der Waals surface area (Å²) >= 11 is 0. The van der Waals surface area contributed by atoms with Crippen molar-refractivity contribution < 1.29 is 0 Å². The highest BCUT2D eigenvalue weighted by Gasteiger charge is 2.05. The van der Waals surface area contributed by atoms with Crippen molar-refractivity contribution in [3.05, 3.63) is 59.2 Å². The standard InChI is InChI=1S/C17H22N2/c1-13-8-9-17(14(2)10-13)19(4)12-15-6-5-7-16(11-15)18-3/h5-11,18H,12H2,1-4H3. The lowest BCUT2D eigenvalue weighted by Gasteiger charge is -2.22. The van der Waals surface area contributed by atoms with Crippen LogP contribution in [0.25, 0.3) is 0 Å². The first-order chi connectivity index (χ1) is 9.10. The van der Waals surface area contributed by atoms with E-state index in [1.54, 1.807) is 0 Å². The molecule has 0 spiro atoms. The quantitative estimate of drug-likeness (QED) is 0.887. The summed E-state index contributed by atoms with van der Waals surface area (Å²) in [5, 5.41) is 3.18.